The summed E-state index contributed by atoms with van der Waals surface area (Å²) in [6, 6.07) is 0.638. The van der Waals surface area contributed by atoms with Crippen LogP contribution in [0.5, 0.6) is 0 Å². The molecule has 2 bridgehead atoms. The van der Waals surface area contributed by atoms with Crippen LogP contribution in [-0.4, -0.2) is 43.6 Å². The smallest absolute Gasteiger partial charge is 0.214 e. The molecule has 2 unspecified atom stereocenters. The second-order valence-electron chi connectivity index (χ2n) is 5.42. The van der Waals surface area contributed by atoms with Gasteiger partial charge in [0.2, 0.25) is 10.0 Å². The van der Waals surface area contributed by atoms with Gasteiger partial charge in [0.1, 0.15) is 0 Å². The molecule has 0 saturated carbocycles. The van der Waals surface area contributed by atoms with E-state index >= 15 is 0 Å². The molecule has 0 aromatic carbocycles. The van der Waals surface area contributed by atoms with E-state index in [4.69, 9.17) is 0 Å². The van der Waals surface area contributed by atoms with Crippen molar-refractivity contribution in [1.82, 2.24) is 9.62 Å². The molecule has 2 aliphatic rings. The van der Waals surface area contributed by atoms with Crippen LogP contribution >= 0.6 is 0 Å². The van der Waals surface area contributed by atoms with Crippen molar-refractivity contribution >= 4 is 10.0 Å². The summed E-state index contributed by atoms with van der Waals surface area (Å²) in [5.74, 6) is 0.917. The summed E-state index contributed by atoms with van der Waals surface area (Å²) in [7, 11) is -2.99. The van der Waals surface area contributed by atoms with E-state index in [9.17, 15) is 8.42 Å². The van der Waals surface area contributed by atoms with Crippen LogP contribution in [0.25, 0.3) is 0 Å². The van der Waals surface area contributed by atoms with E-state index in [0.29, 0.717) is 24.3 Å². The quantitative estimate of drug-likeness (QED) is 0.780. The topological polar surface area (TPSA) is 49.4 Å². The molecule has 4 nitrogen and oxygen atoms in total. The first-order valence-electron chi connectivity index (χ1n) is 6.22. The van der Waals surface area contributed by atoms with E-state index in [1.54, 1.807) is 4.31 Å². The summed E-state index contributed by atoms with van der Waals surface area (Å²) in [4.78, 5) is 0. The molecule has 16 heavy (non-hydrogen) atoms. The fourth-order valence-corrected chi connectivity index (χ4v) is 4.44. The Balaban J connectivity index is 1.88. The highest BCUT2D eigenvalue weighted by molar-refractivity contribution is 7.89. The number of nitrogens with one attached hydrogen (secondary N) is 1. The number of nitrogens with zero attached hydrogens (tertiary/aromatic N) is 1. The number of piperazine rings is 1. The fourth-order valence-electron chi connectivity index (χ4n) is 2.65. The first kappa shape index (κ1) is 12.3. The highest BCUT2D eigenvalue weighted by atomic mass is 32.2. The van der Waals surface area contributed by atoms with E-state index in [-0.39, 0.29) is 6.04 Å². The van der Waals surface area contributed by atoms with Crippen LogP contribution in [0.2, 0.25) is 0 Å². The minimum atomic E-state index is -2.99. The van der Waals surface area contributed by atoms with Gasteiger partial charge in [-0.2, -0.15) is 4.31 Å². The Morgan fingerprint density at radius 1 is 1.44 bits per heavy atom. The molecule has 0 radical (unpaired) electrons. The van der Waals surface area contributed by atoms with Crippen molar-refractivity contribution < 1.29 is 8.42 Å². The van der Waals surface area contributed by atoms with E-state index in [1.807, 2.05) is 0 Å². The van der Waals surface area contributed by atoms with E-state index in [0.717, 1.165) is 25.8 Å². The highest BCUT2D eigenvalue weighted by Crippen LogP contribution is 2.26. The van der Waals surface area contributed by atoms with Crippen molar-refractivity contribution in [1.29, 1.82) is 0 Å². The zero-order valence-electron chi connectivity index (χ0n) is 10.1. The molecule has 94 valence electrons. The number of hydrogen-bond acceptors (Lipinski definition) is 3. The van der Waals surface area contributed by atoms with Crippen molar-refractivity contribution in [3.05, 3.63) is 0 Å². The summed E-state index contributed by atoms with van der Waals surface area (Å²) >= 11 is 0. The van der Waals surface area contributed by atoms with Crippen LogP contribution in [0.3, 0.4) is 0 Å². The Morgan fingerprint density at radius 2 is 2.19 bits per heavy atom. The van der Waals surface area contributed by atoms with Crippen LogP contribution in [0.1, 0.15) is 33.1 Å². The van der Waals surface area contributed by atoms with Crippen molar-refractivity contribution in [2.24, 2.45) is 5.92 Å². The van der Waals surface area contributed by atoms with Crippen LogP contribution < -0.4 is 5.32 Å². The molecule has 2 saturated heterocycles. The number of sulfonamides is 1. The lowest BCUT2D eigenvalue weighted by atomic mass is 10.1. The van der Waals surface area contributed by atoms with Crippen molar-refractivity contribution in [2.75, 3.05) is 18.8 Å². The third kappa shape index (κ3) is 2.57. The third-order valence-corrected chi connectivity index (χ3v) is 5.51. The molecule has 2 rings (SSSR count). The summed E-state index contributed by atoms with van der Waals surface area (Å²) in [6.45, 7) is 5.80. The van der Waals surface area contributed by atoms with Crippen LogP contribution in [0.4, 0.5) is 0 Å². The third-order valence-electron chi connectivity index (χ3n) is 3.55. The summed E-state index contributed by atoms with van der Waals surface area (Å²) in [5, 5.41) is 3.33. The predicted molar refractivity (Wildman–Crippen MR) is 64.8 cm³/mol. The largest absolute Gasteiger partial charge is 0.311 e. The average Bonchev–Trinajstić information content (AvgIpc) is 2.77. The van der Waals surface area contributed by atoms with Gasteiger partial charge in [-0.1, -0.05) is 13.8 Å². The maximum atomic E-state index is 12.1. The molecule has 0 aliphatic carbocycles. The van der Waals surface area contributed by atoms with Gasteiger partial charge in [0.05, 0.1) is 5.75 Å². The molecule has 2 aliphatic heterocycles. The van der Waals surface area contributed by atoms with Crippen molar-refractivity contribution in [3.8, 4) is 0 Å². The highest BCUT2D eigenvalue weighted by Gasteiger charge is 2.43. The minimum absolute atomic E-state index is 0.231. The Labute approximate surface area is 98.4 Å². The van der Waals surface area contributed by atoms with Crippen molar-refractivity contribution in [2.45, 2.75) is 45.2 Å². The van der Waals surface area contributed by atoms with Gasteiger partial charge in [0.15, 0.2) is 0 Å². The summed E-state index contributed by atoms with van der Waals surface area (Å²) in [5.41, 5.74) is 0. The standard InChI is InChI=1S/C11H22N2O2S/c1-9(2)4-3-5-16(14,15)13-8-10-6-11(13)7-12-10/h9-12H,3-8H2,1-2H3. The van der Waals surface area contributed by atoms with E-state index in [1.165, 1.54) is 0 Å². The predicted octanol–water partition coefficient (Wildman–Crippen LogP) is 0.798. The maximum Gasteiger partial charge on any atom is 0.214 e. The minimum Gasteiger partial charge on any atom is -0.311 e. The zero-order chi connectivity index (χ0) is 11.8. The molecule has 0 spiro atoms. The van der Waals surface area contributed by atoms with Gasteiger partial charge in [-0.15, -0.1) is 0 Å². The Morgan fingerprint density at radius 3 is 2.69 bits per heavy atom. The summed E-state index contributed by atoms with van der Waals surface area (Å²) < 4.78 is 25.9. The number of fused-ring (bicyclic) bond motifs is 2. The normalized spacial score (nSPS) is 30.4. The molecule has 0 aromatic rings. The fraction of sp³-hybridized carbons (Fsp3) is 1.00. The van der Waals surface area contributed by atoms with Gasteiger partial charge >= 0.3 is 0 Å². The van der Waals surface area contributed by atoms with Gasteiger partial charge in [-0.05, 0) is 25.2 Å². The average molecular weight is 246 g/mol. The SMILES string of the molecule is CC(C)CCCS(=O)(=O)N1CC2CC1CN2. The van der Waals surface area contributed by atoms with Crippen molar-refractivity contribution in [3.63, 3.8) is 0 Å². The Bertz CT molecular complexity index is 340. The maximum absolute atomic E-state index is 12.1. The molecule has 5 heteroatoms. The Kier molecular flexibility index (Phi) is 3.56. The summed E-state index contributed by atoms with van der Waals surface area (Å²) in [6.07, 6.45) is 2.80. The number of rotatable bonds is 5. The van der Waals surface area contributed by atoms with Gasteiger partial charge < -0.3 is 5.32 Å². The molecule has 2 fully saturated rings. The number of hydrogen-bond donors (Lipinski definition) is 1. The molecule has 0 aromatic heterocycles. The lowest BCUT2D eigenvalue weighted by molar-refractivity contribution is 0.348. The first-order valence-corrected chi connectivity index (χ1v) is 7.83. The first-order chi connectivity index (χ1) is 7.49. The van der Waals surface area contributed by atoms with Gasteiger partial charge in [0, 0.05) is 25.2 Å². The second-order valence-corrected chi connectivity index (χ2v) is 7.46. The van der Waals surface area contributed by atoms with E-state index < -0.39 is 10.0 Å². The molecule has 0 amide bonds. The molecular weight excluding hydrogens is 224 g/mol. The van der Waals surface area contributed by atoms with Crippen LogP contribution in [0, 0.1) is 5.92 Å². The Hall–Kier alpha value is -0.130. The van der Waals surface area contributed by atoms with Crippen LogP contribution in [-0.2, 0) is 10.0 Å². The van der Waals surface area contributed by atoms with Gasteiger partial charge in [-0.25, -0.2) is 8.42 Å². The lowest BCUT2D eigenvalue weighted by Gasteiger charge is -2.26. The molecule has 1 N–H and O–H groups in total. The molecule has 2 heterocycles. The lowest BCUT2D eigenvalue weighted by Crippen LogP contribution is -2.47. The van der Waals surface area contributed by atoms with Gasteiger partial charge in [0.25, 0.3) is 0 Å². The van der Waals surface area contributed by atoms with Gasteiger partial charge in [-0.3, -0.25) is 0 Å². The second kappa shape index (κ2) is 4.63. The zero-order valence-corrected chi connectivity index (χ0v) is 11.0. The van der Waals surface area contributed by atoms with Crippen LogP contribution in [0.15, 0.2) is 0 Å². The molecule has 2 atom stereocenters. The monoisotopic (exact) mass is 246 g/mol. The van der Waals surface area contributed by atoms with E-state index in [2.05, 4.69) is 19.2 Å². The molecular formula is C11H22N2O2S.